The van der Waals surface area contributed by atoms with E-state index >= 15 is 0 Å². The third-order valence-corrected chi connectivity index (χ3v) is 5.79. The number of hydrazone groups is 1. The zero-order chi connectivity index (χ0) is 19.4. The number of carboxylic acid groups (broad SMARTS) is 1. The van der Waals surface area contributed by atoms with Gasteiger partial charge in [0.25, 0.3) is 11.8 Å². The van der Waals surface area contributed by atoms with Crippen LogP contribution >= 0.6 is 0 Å². The number of amides is 2. The maximum atomic E-state index is 12.6. The van der Waals surface area contributed by atoms with Crippen LogP contribution in [0.4, 0.5) is 0 Å². The molecule has 1 saturated carbocycles. The monoisotopic (exact) mass is 376 g/mol. The summed E-state index contributed by atoms with van der Waals surface area (Å²) >= 11 is 0. The Hall–Kier alpha value is -3.48. The van der Waals surface area contributed by atoms with Gasteiger partial charge in [0.05, 0.1) is 23.6 Å². The molecule has 2 fully saturated rings. The maximum absolute atomic E-state index is 12.6. The van der Waals surface area contributed by atoms with Gasteiger partial charge < -0.3 is 9.52 Å². The zero-order valence-corrected chi connectivity index (χ0v) is 14.7. The molecular weight excluding hydrogens is 360 g/mol. The van der Waals surface area contributed by atoms with Gasteiger partial charge in [-0.1, -0.05) is 24.3 Å². The predicted molar refractivity (Wildman–Crippen MR) is 98.3 cm³/mol. The molecule has 0 unspecified atom stereocenters. The quantitative estimate of drug-likeness (QED) is 0.502. The summed E-state index contributed by atoms with van der Waals surface area (Å²) in [7, 11) is 0. The molecule has 4 atom stereocenters. The average Bonchev–Trinajstić information content (AvgIpc) is 3.46. The van der Waals surface area contributed by atoms with Crippen molar-refractivity contribution in [2.45, 2.75) is 6.42 Å². The van der Waals surface area contributed by atoms with Crippen molar-refractivity contribution in [3.05, 3.63) is 59.9 Å². The van der Waals surface area contributed by atoms with Crippen LogP contribution in [0.2, 0.25) is 0 Å². The van der Waals surface area contributed by atoms with Crippen LogP contribution in [-0.2, 0) is 9.59 Å². The minimum absolute atomic E-state index is 0.149. The molecule has 1 aromatic carbocycles. The summed E-state index contributed by atoms with van der Waals surface area (Å²) < 4.78 is 5.69. The van der Waals surface area contributed by atoms with Crippen molar-refractivity contribution < 1.29 is 23.9 Å². The van der Waals surface area contributed by atoms with E-state index in [1.54, 1.807) is 24.3 Å². The van der Waals surface area contributed by atoms with Crippen LogP contribution in [0.5, 0.6) is 0 Å². The molecule has 1 aliphatic heterocycles. The Balaban J connectivity index is 1.33. The third-order valence-electron chi connectivity index (χ3n) is 5.79. The molecule has 2 amide bonds. The van der Waals surface area contributed by atoms with Gasteiger partial charge in [0.1, 0.15) is 11.5 Å². The van der Waals surface area contributed by atoms with Gasteiger partial charge in [-0.05, 0) is 42.5 Å². The summed E-state index contributed by atoms with van der Waals surface area (Å²) in [6.07, 6.45) is 6.32. The first-order chi connectivity index (χ1) is 13.5. The molecule has 5 rings (SSSR count). The normalized spacial score (nSPS) is 27.9. The lowest BCUT2D eigenvalue weighted by Gasteiger charge is -2.13. The second-order valence-corrected chi connectivity index (χ2v) is 7.32. The molecule has 2 aromatic rings. The van der Waals surface area contributed by atoms with E-state index in [9.17, 15) is 14.4 Å². The highest BCUT2D eigenvalue weighted by Gasteiger charge is 2.59. The third kappa shape index (κ3) is 2.43. The van der Waals surface area contributed by atoms with Crippen molar-refractivity contribution in [1.29, 1.82) is 0 Å². The number of nitrogens with zero attached hydrogens (tertiary/aromatic N) is 2. The Labute approximate surface area is 159 Å². The smallest absolute Gasteiger partial charge is 0.335 e. The average molecular weight is 376 g/mol. The van der Waals surface area contributed by atoms with Crippen molar-refractivity contribution in [2.75, 3.05) is 0 Å². The minimum atomic E-state index is -0.993. The van der Waals surface area contributed by atoms with Gasteiger partial charge in [-0.3, -0.25) is 9.59 Å². The number of fused-ring (bicyclic) bond motifs is 5. The number of hydrogen-bond acceptors (Lipinski definition) is 5. The second kappa shape index (κ2) is 6.02. The highest BCUT2D eigenvalue weighted by molar-refractivity contribution is 6.06. The highest BCUT2D eigenvalue weighted by Crippen LogP contribution is 2.52. The molecule has 0 radical (unpaired) electrons. The molecule has 3 aliphatic rings. The molecule has 2 bridgehead atoms. The lowest BCUT2D eigenvalue weighted by atomic mass is 9.85. The Bertz CT molecular complexity index is 1020. The number of carbonyl (C=O) groups is 3. The molecule has 1 N–H and O–H groups in total. The zero-order valence-electron chi connectivity index (χ0n) is 14.7. The summed E-state index contributed by atoms with van der Waals surface area (Å²) in [6, 6.07) is 9.71. The summed E-state index contributed by atoms with van der Waals surface area (Å²) in [5, 5.41) is 14.0. The van der Waals surface area contributed by atoms with E-state index in [1.165, 1.54) is 18.3 Å². The summed E-state index contributed by atoms with van der Waals surface area (Å²) in [5.74, 6) is -0.788. The SMILES string of the molecule is O=C(O)c1ccc(-c2ccc(/C=N\N3C(=O)[C@@H]4[C@H](C3=O)[C@H]3C=C[C@H]4C3)o2)cc1. The molecule has 0 spiro atoms. The van der Waals surface area contributed by atoms with Gasteiger partial charge in [-0.15, -0.1) is 0 Å². The summed E-state index contributed by atoms with van der Waals surface area (Å²) in [6.45, 7) is 0. The van der Waals surface area contributed by atoms with E-state index in [0.29, 0.717) is 11.5 Å². The van der Waals surface area contributed by atoms with Crippen molar-refractivity contribution >= 4 is 24.0 Å². The van der Waals surface area contributed by atoms with Crippen LogP contribution in [0, 0.1) is 23.7 Å². The van der Waals surface area contributed by atoms with Crippen molar-refractivity contribution in [2.24, 2.45) is 28.8 Å². The molecule has 2 heterocycles. The summed E-state index contributed by atoms with van der Waals surface area (Å²) in [5.41, 5.74) is 0.910. The fraction of sp³-hybridized carbons (Fsp3) is 0.238. The predicted octanol–water partition coefficient (Wildman–Crippen LogP) is 2.79. The fourth-order valence-corrected chi connectivity index (χ4v) is 4.47. The topological polar surface area (TPSA) is 100 Å². The lowest BCUT2D eigenvalue weighted by molar-refractivity contribution is -0.140. The van der Waals surface area contributed by atoms with Crippen LogP contribution in [0.3, 0.4) is 0 Å². The molecule has 2 aliphatic carbocycles. The van der Waals surface area contributed by atoms with Crippen LogP contribution in [-0.4, -0.2) is 34.1 Å². The molecule has 1 saturated heterocycles. The van der Waals surface area contributed by atoms with Gasteiger partial charge in [0.15, 0.2) is 0 Å². The van der Waals surface area contributed by atoms with E-state index in [4.69, 9.17) is 9.52 Å². The lowest BCUT2D eigenvalue weighted by Crippen LogP contribution is -2.28. The van der Waals surface area contributed by atoms with Gasteiger partial charge in [0.2, 0.25) is 0 Å². The largest absolute Gasteiger partial charge is 0.478 e. The van der Waals surface area contributed by atoms with Gasteiger partial charge in [0, 0.05) is 5.56 Å². The Morgan fingerprint density at radius 3 is 2.29 bits per heavy atom. The second-order valence-electron chi connectivity index (χ2n) is 7.32. The van der Waals surface area contributed by atoms with Crippen LogP contribution < -0.4 is 0 Å². The number of imide groups is 1. The first-order valence-electron chi connectivity index (χ1n) is 9.06. The number of hydrogen-bond donors (Lipinski definition) is 1. The molecule has 140 valence electrons. The molecule has 7 heteroatoms. The Morgan fingerprint density at radius 2 is 1.68 bits per heavy atom. The first-order valence-corrected chi connectivity index (χ1v) is 9.06. The maximum Gasteiger partial charge on any atom is 0.335 e. The van der Waals surface area contributed by atoms with E-state index in [-0.39, 0.29) is 41.0 Å². The van der Waals surface area contributed by atoms with Crippen molar-refractivity contribution in [3.8, 4) is 11.3 Å². The molecule has 7 nitrogen and oxygen atoms in total. The standard InChI is InChI=1S/C21H16N2O5/c24-19-17-13-5-6-14(9-13)18(17)20(25)23(19)22-10-15-7-8-16(28-15)11-1-3-12(4-2-11)21(26)27/h1-8,10,13-14,17-18H,9H2,(H,26,27)/b22-10-/t13-,14-,17-,18+/m0/s1. The molecule has 1 aromatic heterocycles. The Kier molecular flexibility index (Phi) is 3.58. The number of rotatable bonds is 4. The summed E-state index contributed by atoms with van der Waals surface area (Å²) in [4.78, 5) is 36.1. The van der Waals surface area contributed by atoms with E-state index in [1.807, 2.05) is 12.2 Å². The minimum Gasteiger partial charge on any atom is -0.478 e. The van der Waals surface area contributed by atoms with Gasteiger partial charge in [-0.25, -0.2) is 4.79 Å². The van der Waals surface area contributed by atoms with Crippen LogP contribution in [0.25, 0.3) is 11.3 Å². The van der Waals surface area contributed by atoms with Crippen LogP contribution in [0.1, 0.15) is 22.5 Å². The number of carboxylic acids is 1. The molecule has 28 heavy (non-hydrogen) atoms. The van der Waals surface area contributed by atoms with E-state index in [2.05, 4.69) is 5.10 Å². The highest BCUT2D eigenvalue weighted by atomic mass is 16.4. The van der Waals surface area contributed by atoms with E-state index in [0.717, 1.165) is 17.0 Å². The van der Waals surface area contributed by atoms with Gasteiger partial charge >= 0.3 is 5.97 Å². The van der Waals surface area contributed by atoms with E-state index < -0.39 is 5.97 Å². The number of benzene rings is 1. The first kappa shape index (κ1) is 16.7. The van der Waals surface area contributed by atoms with Crippen LogP contribution in [0.15, 0.2) is 58.1 Å². The van der Waals surface area contributed by atoms with Crippen molar-refractivity contribution in [3.63, 3.8) is 0 Å². The fourth-order valence-electron chi connectivity index (χ4n) is 4.47. The number of furan rings is 1. The van der Waals surface area contributed by atoms with Gasteiger partial charge in [-0.2, -0.15) is 10.1 Å². The molecular formula is C21H16N2O5. The number of aromatic carboxylic acids is 1. The Morgan fingerprint density at radius 1 is 1.04 bits per heavy atom. The van der Waals surface area contributed by atoms with Crippen molar-refractivity contribution in [1.82, 2.24) is 5.01 Å². The number of allylic oxidation sites excluding steroid dienone is 2. The number of carbonyl (C=O) groups excluding carboxylic acids is 2.